The van der Waals surface area contributed by atoms with Crippen LogP contribution >= 0.6 is 0 Å². The molecule has 1 aromatic rings. The summed E-state index contributed by atoms with van der Waals surface area (Å²) in [7, 11) is 0. The lowest BCUT2D eigenvalue weighted by Gasteiger charge is -2.21. The SMILES string of the molecule is O=C1CC(c2cccnc2N2CCCC2)CN1. The fourth-order valence-electron chi connectivity index (χ4n) is 2.75. The number of carbonyl (C=O) groups excluding carboxylic acids is 1. The van der Waals surface area contributed by atoms with Crippen LogP contribution in [0.15, 0.2) is 18.3 Å². The number of anilines is 1. The van der Waals surface area contributed by atoms with Crippen LogP contribution in [0.1, 0.15) is 30.7 Å². The van der Waals surface area contributed by atoms with E-state index in [1.54, 1.807) is 0 Å². The summed E-state index contributed by atoms with van der Waals surface area (Å²) in [5.74, 6) is 1.55. The third kappa shape index (κ3) is 1.99. The molecule has 1 amide bonds. The third-order valence-corrected chi connectivity index (χ3v) is 3.64. The monoisotopic (exact) mass is 231 g/mol. The lowest BCUT2D eigenvalue weighted by atomic mass is 9.98. The zero-order valence-corrected chi connectivity index (χ0v) is 9.85. The number of pyridine rings is 1. The molecule has 90 valence electrons. The van der Waals surface area contributed by atoms with Crippen LogP contribution in [0, 0.1) is 0 Å². The van der Waals surface area contributed by atoms with Gasteiger partial charge in [-0.25, -0.2) is 4.98 Å². The Morgan fingerprint density at radius 1 is 1.35 bits per heavy atom. The molecule has 1 unspecified atom stereocenters. The van der Waals surface area contributed by atoms with Gasteiger partial charge < -0.3 is 10.2 Å². The summed E-state index contributed by atoms with van der Waals surface area (Å²) >= 11 is 0. The summed E-state index contributed by atoms with van der Waals surface area (Å²) in [6, 6.07) is 4.09. The van der Waals surface area contributed by atoms with E-state index >= 15 is 0 Å². The molecule has 2 fully saturated rings. The summed E-state index contributed by atoms with van der Waals surface area (Å²) < 4.78 is 0. The summed E-state index contributed by atoms with van der Waals surface area (Å²) in [4.78, 5) is 18.2. The molecule has 2 aliphatic rings. The zero-order valence-electron chi connectivity index (χ0n) is 9.85. The average molecular weight is 231 g/mol. The maximum atomic E-state index is 11.3. The maximum Gasteiger partial charge on any atom is 0.220 e. The smallest absolute Gasteiger partial charge is 0.220 e. The topological polar surface area (TPSA) is 45.2 Å². The van der Waals surface area contributed by atoms with Gasteiger partial charge in [0.1, 0.15) is 5.82 Å². The van der Waals surface area contributed by atoms with Gasteiger partial charge in [0.15, 0.2) is 0 Å². The van der Waals surface area contributed by atoms with Crippen molar-refractivity contribution >= 4 is 11.7 Å². The van der Waals surface area contributed by atoms with Crippen LogP contribution < -0.4 is 10.2 Å². The second-order valence-corrected chi connectivity index (χ2v) is 4.82. The second-order valence-electron chi connectivity index (χ2n) is 4.82. The Balaban J connectivity index is 1.90. The highest BCUT2D eigenvalue weighted by Crippen LogP contribution is 2.31. The highest BCUT2D eigenvalue weighted by molar-refractivity contribution is 5.80. The minimum Gasteiger partial charge on any atom is -0.356 e. The van der Waals surface area contributed by atoms with Crippen molar-refractivity contribution in [2.24, 2.45) is 0 Å². The highest BCUT2D eigenvalue weighted by Gasteiger charge is 2.27. The fraction of sp³-hybridized carbons (Fsp3) is 0.538. The molecule has 0 radical (unpaired) electrons. The molecular weight excluding hydrogens is 214 g/mol. The molecule has 2 saturated heterocycles. The highest BCUT2D eigenvalue weighted by atomic mass is 16.1. The molecule has 1 aromatic heterocycles. The molecule has 0 aromatic carbocycles. The lowest BCUT2D eigenvalue weighted by molar-refractivity contribution is -0.119. The van der Waals surface area contributed by atoms with Crippen molar-refractivity contribution in [2.45, 2.75) is 25.2 Å². The molecule has 1 atom stereocenters. The quantitative estimate of drug-likeness (QED) is 0.834. The van der Waals surface area contributed by atoms with E-state index < -0.39 is 0 Å². The predicted molar refractivity (Wildman–Crippen MR) is 66.1 cm³/mol. The summed E-state index contributed by atoms with van der Waals surface area (Å²) in [6.45, 7) is 2.95. The first kappa shape index (κ1) is 10.6. The van der Waals surface area contributed by atoms with Crippen molar-refractivity contribution in [2.75, 3.05) is 24.5 Å². The first-order valence-electron chi connectivity index (χ1n) is 6.31. The van der Waals surface area contributed by atoms with Gasteiger partial charge in [-0.2, -0.15) is 0 Å². The Labute approximate surface area is 101 Å². The molecular formula is C13H17N3O. The molecule has 0 aliphatic carbocycles. The molecule has 4 nitrogen and oxygen atoms in total. The third-order valence-electron chi connectivity index (χ3n) is 3.64. The number of aromatic nitrogens is 1. The number of hydrogen-bond acceptors (Lipinski definition) is 3. The van der Waals surface area contributed by atoms with Crippen molar-refractivity contribution in [1.82, 2.24) is 10.3 Å². The Morgan fingerprint density at radius 3 is 2.88 bits per heavy atom. The van der Waals surface area contributed by atoms with Gasteiger partial charge in [0.2, 0.25) is 5.91 Å². The van der Waals surface area contributed by atoms with E-state index in [0.29, 0.717) is 12.3 Å². The van der Waals surface area contributed by atoms with Crippen LogP contribution in [0.25, 0.3) is 0 Å². The van der Waals surface area contributed by atoms with Crippen LogP contribution in [0.4, 0.5) is 5.82 Å². The van der Waals surface area contributed by atoms with Gasteiger partial charge in [0.25, 0.3) is 0 Å². The van der Waals surface area contributed by atoms with Gasteiger partial charge in [-0.1, -0.05) is 6.07 Å². The van der Waals surface area contributed by atoms with E-state index in [4.69, 9.17) is 0 Å². The maximum absolute atomic E-state index is 11.3. The minimum atomic E-state index is 0.159. The number of hydrogen-bond donors (Lipinski definition) is 1. The van der Waals surface area contributed by atoms with Crippen molar-refractivity contribution in [3.63, 3.8) is 0 Å². The molecule has 0 spiro atoms. The minimum absolute atomic E-state index is 0.159. The van der Waals surface area contributed by atoms with E-state index in [-0.39, 0.29) is 5.91 Å². The molecule has 3 heterocycles. The molecule has 0 saturated carbocycles. The normalized spacial score (nSPS) is 24.1. The molecule has 0 bridgehead atoms. The fourth-order valence-corrected chi connectivity index (χ4v) is 2.75. The van der Waals surface area contributed by atoms with Gasteiger partial charge in [-0.3, -0.25) is 4.79 Å². The van der Waals surface area contributed by atoms with Crippen molar-refractivity contribution < 1.29 is 4.79 Å². The molecule has 17 heavy (non-hydrogen) atoms. The largest absolute Gasteiger partial charge is 0.356 e. The number of nitrogens with zero attached hydrogens (tertiary/aromatic N) is 2. The summed E-state index contributed by atoms with van der Waals surface area (Å²) in [5.41, 5.74) is 1.23. The van der Waals surface area contributed by atoms with E-state index in [0.717, 1.165) is 25.5 Å². The number of rotatable bonds is 2. The average Bonchev–Trinajstić information content (AvgIpc) is 3.00. The lowest BCUT2D eigenvalue weighted by Crippen LogP contribution is -2.22. The second kappa shape index (κ2) is 4.35. The first-order valence-corrected chi connectivity index (χ1v) is 6.31. The predicted octanol–water partition coefficient (Wildman–Crippen LogP) is 1.29. The summed E-state index contributed by atoms with van der Waals surface area (Å²) in [5, 5.41) is 2.90. The molecule has 4 heteroatoms. The van der Waals surface area contributed by atoms with Gasteiger partial charge in [0.05, 0.1) is 0 Å². The number of carbonyl (C=O) groups is 1. The Hall–Kier alpha value is -1.58. The first-order chi connectivity index (χ1) is 8.34. The molecule has 1 N–H and O–H groups in total. The standard InChI is InChI=1S/C13H17N3O/c17-12-8-10(9-15-12)11-4-3-5-14-13(11)16-6-1-2-7-16/h3-5,10H,1-2,6-9H2,(H,15,17). The Bertz CT molecular complexity index is 426. The molecule has 2 aliphatic heterocycles. The van der Waals surface area contributed by atoms with E-state index in [1.807, 2.05) is 12.3 Å². The summed E-state index contributed by atoms with van der Waals surface area (Å²) in [6.07, 6.45) is 4.95. The Kier molecular flexibility index (Phi) is 2.71. The van der Waals surface area contributed by atoms with Gasteiger partial charge in [0, 0.05) is 43.7 Å². The van der Waals surface area contributed by atoms with Crippen LogP contribution in [0.2, 0.25) is 0 Å². The van der Waals surface area contributed by atoms with Gasteiger partial charge in [-0.15, -0.1) is 0 Å². The van der Waals surface area contributed by atoms with Gasteiger partial charge >= 0.3 is 0 Å². The zero-order chi connectivity index (χ0) is 11.7. The van der Waals surface area contributed by atoms with Gasteiger partial charge in [-0.05, 0) is 18.9 Å². The van der Waals surface area contributed by atoms with Crippen molar-refractivity contribution in [3.8, 4) is 0 Å². The van der Waals surface area contributed by atoms with E-state index in [9.17, 15) is 4.79 Å². The van der Waals surface area contributed by atoms with Crippen LogP contribution in [0.5, 0.6) is 0 Å². The van der Waals surface area contributed by atoms with Crippen molar-refractivity contribution in [3.05, 3.63) is 23.9 Å². The van der Waals surface area contributed by atoms with Crippen LogP contribution in [-0.4, -0.2) is 30.5 Å². The Morgan fingerprint density at radius 2 is 2.18 bits per heavy atom. The van der Waals surface area contributed by atoms with Crippen molar-refractivity contribution in [1.29, 1.82) is 0 Å². The number of nitrogens with one attached hydrogen (secondary N) is 1. The number of amides is 1. The van der Waals surface area contributed by atoms with Crippen LogP contribution in [-0.2, 0) is 4.79 Å². The van der Waals surface area contributed by atoms with Crippen LogP contribution in [0.3, 0.4) is 0 Å². The van der Waals surface area contributed by atoms with E-state index in [1.165, 1.54) is 18.4 Å². The van der Waals surface area contributed by atoms with E-state index in [2.05, 4.69) is 21.3 Å². The molecule has 3 rings (SSSR count).